The number of carbonyl (C=O) groups is 1. The standard InChI is InChI=1S/C27H30FN3O4S/c1-18(31-36(34,35)25-14-8-21(28)9-15-25)27(33)30-22-10-6-19(7-11-22)16-23-12-13-24(29-23)17-20-4-2-3-5-26(20)32/h2-11,14-15,18,23-24,29,31-32H,12-13,16-17H2,1H3,(H,30,33)/t18-,23-,24+/m0/s1. The second-order valence-corrected chi connectivity index (χ2v) is 10.9. The number of nitrogens with one attached hydrogen (secondary N) is 3. The van der Waals surface area contributed by atoms with E-state index in [1.165, 1.54) is 6.92 Å². The summed E-state index contributed by atoms with van der Waals surface area (Å²) in [6, 6.07) is 18.9. The van der Waals surface area contributed by atoms with Crippen molar-refractivity contribution in [3.63, 3.8) is 0 Å². The number of hydrogen-bond acceptors (Lipinski definition) is 5. The highest BCUT2D eigenvalue weighted by Gasteiger charge is 2.25. The van der Waals surface area contributed by atoms with E-state index in [2.05, 4.69) is 15.4 Å². The second kappa shape index (κ2) is 11.2. The van der Waals surface area contributed by atoms with Gasteiger partial charge in [-0.05, 0) is 86.2 Å². The Morgan fingerprint density at radius 2 is 1.64 bits per heavy atom. The number of amides is 1. The molecule has 1 aliphatic heterocycles. The number of benzene rings is 3. The van der Waals surface area contributed by atoms with Gasteiger partial charge in [0.25, 0.3) is 0 Å². The Morgan fingerprint density at radius 3 is 2.31 bits per heavy atom. The van der Waals surface area contributed by atoms with Gasteiger partial charge in [-0.15, -0.1) is 0 Å². The minimum absolute atomic E-state index is 0.115. The Morgan fingerprint density at radius 1 is 1.00 bits per heavy atom. The van der Waals surface area contributed by atoms with Gasteiger partial charge in [-0.25, -0.2) is 12.8 Å². The molecular formula is C27H30FN3O4S. The third-order valence-electron chi connectivity index (χ3n) is 6.35. The molecule has 3 aromatic rings. The van der Waals surface area contributed by atoms with Gasteiger partial charge in [0, 0.05) is 17.8 Å². The van der Waals surface area contributed by atoms with Crippen LogP contribution in [-0.4, -0.2) is 37.6 Å². The molecule has 3 atom stereocenters. The van der Waals surface area contributed by atoms with E-state index in [-0.39, 0.29) is 4.90 Å². The van der Waals surface area contributed by atoms with Gasteiger partial charge < -0.3 is 15.7 Å². The van der Waals surface area contributed by atoms with Crippen LogP contribution in [0.4, 0.5) is 10.1 Å². The van der Waals surface area contributed by atoms with Crippen LogP contribution in [0.1, 0.15) is 30.9 Å². The zero-order valence-corrected chi connectivity index (χ0v) is 20.8. The molecule has 1 aliphatic rings. The maximum Gasteiger partial charge on any atom is 0.242 e. The molecule has 4 rings (SSSR count). The number of carbonyl (C=O) groups excluding carboxylic acids is 1. The van der Waals surface area contributed by atoms with Crippen molar-refractivity contribution in [2.45, 2.75) is 55.6 Å². The van der Waals surface area contributed by atoms with Gasteiger partial charge in [-0.3, -0.25) is 4.79 Å². The summed E-state index contributed by atoms with van der Waals surface area (Å²) < 4.78 is 40.2. The monoisotopic (exact) mass is 511 g/mol. The molecule has 36 heavy (non-hydrogen) atoms. The quantitative estimate of drug-likeness (QED) is 0.350. The smallest absolute Gasteiger partial charge is 0.242 e. The molecule has 0 radical (unpaired) electrons. The molecule has 7 nitrogen and oxygen atoms in total. The van der Waals surface area contributed by atoms with Gasteiger partial charge in [-0.2, -0.15) is 4.72 Å². The van der Waals surface area contributed by atoms with Crippen LogP contribution in [0, 0.1) is 5.82 Å². The Hall–Kier alpha value is -3.27. The van der Waals surface area contributed by atoms with Crippen molar-refractivity contribution >= 4 is 21.6 Å². The molecule has 4 N–H and O–H groups in total. The molecule has 1 fully saturated rings. The molecule has 0 bridgehead atoms. The molecule has 0 unspecified atom stereocenters. The van der Waals surface area contributed by atoms with E-state index in [4.69, 9.17) is 0 Å². The third kappa shape index (κ3) is 6.69. The Kier molecular flexibility index (Phi) is 8.03. The molecule has 190 valence electrons. The number of halogens is 1. The largest absolute Gasteiger partial charge is 0.508 e. The van der Waals surface area contributed by atoms with Gasteiger partial charge in [0.2, 0.25) is 15.9 Å². The highest BCUT2D eigenvalue weighted by Crippen LogP contribution is 2.24. The summed E-state index contributed by atoms with van der Waals surface area (Å²) >= 11 is 0. The van der Waals surface area contributed by atoms with E-state index in [9.17, 15) is 22.7 Å². The Balaban J connectivity index is 1.27. The number of phenolic OH excluding ortho intramolecular Hbond substituents is 1. The van der Waals surface area contributed by atoms with Crippen molar-refractivity contribution in [2.24, 2.45) is 0 Å². The summed E-state index contributed by atoms with van der Waals surface area (Å²) in [5, 5.41) is 16.4. The molecule has 0 saturated carbocycles. The molecule has 0 aromatic heterocycles. The predicted octanol–water partition coefficient (Wildman–Crippen LogP) is 3.74. The number of sulfonamides is 1. The van der Waals surface area contributed by atoms with E-state index in [0.717, 1.165) is 61.1 Å². The number of para-hydroxylation sites is 1. The molecule has 1 heterocycles. The van der Waals surface area contributed by atoms with Crippen molar-refractivity contribution in [3.8, 4) is 5.75 Å². The van der Waals surface area contributed by atoms with Crippen LogP contribution in [0.15, 0.2) is 77.7 Å². The average molecular weight is 512 g/mol. The minimum Gasteiger partial charge on any atom is -0.508 e. The number of rotatable bonds is 9. The van der Waals surface area contributed by atoms with Gasteiger partial charge in [0.15, 0.2) is 0 Å². The summed E-state index contributed by atoms with van der Waals surface area (Å²) in [6.45, 7) is 1.45. The normalized spacial score (nSPS) is 18.6. The van der Waals surface area contributed by atoms with Crippen LogP contribution >= 0.6 is 0 Å². The lowest BCUT2D eigenvalue weighted by Crippen LogP contribution is -2.41. The Labute approximate surface area is 210 Å². The van der Waals surface area contributed by atoms with E-state index < -0.39 is 27.8 Å². The summed E-state index contributed by atoms with van der Waals surface area (Å²) in [4.78, 5) is 12.4. The average Bonchev–Trinajstić information content (AvgIpc) is 3.28. The predicted molar refractivity (Wildman–Crippen MR) is 137 cm³/mol. The fourth-order valence-electron chi connectivity index (χ4n) is 4.40. The molecule has 0 spiro atoms. The highest BCUT2D eigenvalue weighted by atomic mass is 32.2. The third-order valence-corrected chi connectivity index (χ3v) is 7.90. The van der Waals surface area contributed by atoms with Crippen molar-refractivity contribution in [1.29, 1.82) is 0 Å². The first-order valence-electron chi connectivity index (χ1n) is 11.9. The number of anilines is 1. The number of phenols is 1. The van der Waals surface area contributed by atoms with Crippen molar-refractivity contribution < 1.29 is 22.7 Å². The number of hydrogen-bond donors (Lipinski definition) is 4. The van der Waals surface area contributed by atoms with Crippen LogP contribution in [0.2, 0.25) is 0 Å². The lowest BCUT2D eigenvalue weighted by molar-refractivity contribution is -0.117. The summed E-state index contributed by atoms with van der Waals surface area (Å²) in [5.74, 6) is -0.713. The first-order chi connectivity index (χ1) is 17.2. The van der Waals surface area contributed by atoms with Gasteiger partial charge in [0.1, 0.15) is 11.6 Å². The van der Waals surface area contributed by atoms with Gasteiger partial charge in [0.05, 0.1) is 10.9 Å². The SMILES string of the molecule is C[C@H](NS(=O)(=O)c1ccc(F)cc1)C(=O)Nc1ccc(C[C@@H]2CC[C@H](Cc3ccccc3O)N2)cc1. The Bertz CT molecular complexity index is 1300. The molecule has 1 saturated heterocycles. The van der Waals surface area contributed by atoms with E-state index in [1.807, 2.05) is 30.3 Å². The van der Waals surface area contributed by atoms with Gasteiger partial charge in [-0.1, -0.05) is 30.3 Å². The van der Waals surface area contributed by atoms with E-state index >= 15 is 0 Å². The first-order valence-corrected chi connectivity index (χ1v) is 13.4. The van der Waals surface area contributed by atoms with Crippen LogP contribution < -0.4 is 15.4 Å². The molecule has 3 aromatic carbocycles. The second-order valence-electron chi connectivity index (χ2n) is 9.16. The lowest BCUT2D eigenvalue weighted by Gasteiger charge is -2.16. The minimum atomic E-state index is -3.96. The highest BCUT2D eigenvalue weighted by molar-refractivity contribution is 7.89. The summed E-state index contributed by atoms with van der Waals surface area (Å²) in [7, 11) is -3.96. The summed E-state index contributed by atoms with van der Waals surface area (Å²) in [6.07, 6.45) is 3.72. The molecule has 9 heteroatoms. The van der Waals surface area contributed by atoms with Crippen LogP contribution in [0.3, 0.4) is 0 Å². The van der Waals surface area contributed by atoms with Crippen LogP contribution in [-0.2, 0) is 27.7 Å². The summed E-state index contributed by atoms with van der Waals surface area (Å²) in [5.41, 5.74) is 2.64. The maximum atomic E-state index is 13.1. The van der Waals surface area contributed by atoms with Crippen LogP contribution in [0.25, 0.3) is 0 Å². The number of aromatic hydroxyl groups is 1. The first kappa shape index (κ1) is 25.8. The van der Waals surface area contributed by atoms with Crippen LogP contribution in [0.5, 0.6) is 5.75 Å². The molecule has 0 aliphatic carbocycles. The van der Waals surface area contributed by atoms with Crippen molar-refractivity contribution in [1.82, 2.24) is 10.0 Å². The van der Waals surface area contributed by atoms with E-state index in [0.29, 0.717) is 23.5 Å². The fraction of sp³-hybridized carbons (Fsp3) is 0.296. The fourth-order valence-corrected chi connectivity index (χ4v) is 5.60. The molecule has 1 amide bonds. The zero-order valence-electron chi connectivity index (χ0n) is 19.9. The van der Waals surface area contributed by atoms with Crippen molar-refractivity contribution in [3.05, 3.63) is 89.7 Å². The van der Waals surface area contributed by atoms with Gasteiger partial charge >= 0.3 is 0 Å². The van der Waals surface area contributed by atoms with Crippen molar-refractivity contribution in [2.75, 3.05) is 5.32 Å². The topological polar surface area (TPSA) is 108 Å². The zero-order chi connectivity index (χ0) is 25.7. The van der Waals surface area contributed by atoms with E-state index in [1.54, 1.807) is 18.2 Å². The maximum absolute atomic E-state index is 13.1. The molecular weight excluding hydrogens is 481 g/mol. The lowest BCUT2D eigenvalue weighted by atomic mass is 10.0.